The molecule has 1 aliphatic heterocycles. The number of hydrogen-bond donors (Lipinski definition) is 0. The number of aromatic nitrogens is 7. The lowest BCUT2D eigenvalue weighted by Gasteiger charge is -2.08. The van der Waals surface area contributed by atoms with Crippen molar-refractivity contribution in [2.45, 2.75) is 32.9 Å². The number of fused-ring (bicyclic) bond motifs is 5. The topological polar surface area (TPSA) is 96.7 Å². The second-order valence-corrected chi connectivity index (χ2v) is 7.14. The molecule has 0 spiro atoms. The average molecular weight is 395 g/mol. The Morgan fingerprint density at radius 2 is 2.14 bits per heavy atom. The van der Waals surface area contributed by atoms with Crippen LogP contribution < -0.4 is 0 Å². The van der Waals surface area contributed by atoms with Gasteiger partial charge in [0.15, 0.2) is 11.6 Å². The van der Waals surface area contributed by atoms with Crippen molar-refractivity contribution in [3.63, 3.8) is 0 Å². The van der Waals surface area contributed by atoms with E-state index in [0.29, 0.717) is 41.2 Å². The van der Waals surface area contributed by atoms with E-state index in [-0.39, 0.29) is 18.3 Å². The zero-order valence-electron chi connectivity index (χ0n) is 16.1. The van der Waals surface area contributed by atoms with E-state index in [1.807, 2.05) is 23.0 Å². The molecule has 0 unspecified atom stereocenters. The van der Waals surface area contributed by atoms with Crippen LogP contribution in [0.1, 0.15) is 37.2 Å². The highest BCUT2D eigenvalue weighted by molar-refractivity contribution is 5.71. The molecule has 148 valence electrons. The molecule has 0 saturated heterocycles. The molecular weight excluding hydrogens is 377 g/mol. The lowest BCUT2D eigenvalue weighted by Crippen LogP contribution is -2.09. The second kappa shape index (κ2) is 6.59. The third kappa shape index (κ3) is 2.75. The van der Waals surface area contributed by atoms with Gasteiger partial charge in [-0.1, -0.05) is 19.0 Å². The smallest absolute Gasteiger partial charge is 0.229 e. The first-order valence-corrected chi connectivity index (χ1v) is 9.18. The Hall–Kier alpha value is -3.40. The lowest BCUT2D eigenvalue weighted by molar-refractivity contribution is 0.174. The SMILES string of the molecule is COCc1nnc2n1Cc1c(-c3noc(C(C)C)n3)ncn1-c1ccc(F)cc1-2. The summed E-state index contributed by atoms with van der Waals surface area (Å²) in [5.41, 5.74) is 2.80. The molecule has 10 heteroatoms. The number of halogens is 1. The van der Waals surface area contributed by atoms with Crippen LogP contribution in [0.5, 0.6) is 0 Å². The Labute approximate surface area is 165 Å². The summed E-state index contributed by atoms with van der Waals surface area (Å²) < 4.78 is 28.5. The Balaban J connectivity index is 1.74. The van der Waals surface area contributed by atoms with Gasteiger partial charge in [-0.3, -0.25) is 4.57 Å². The molecule has 29 heavy (non-hydrogen) atoms. The Bertz CT molecular complexity index is 1210. The molecule has 1 aliphatic rings. The molecule has 5 rings (SSSR count). The maximum Gasteiger partial charge on any atom is 0.229 e. The number of methoxy groups -OCH3 is 1. The molecule has 0 bridgehead atoms. The summed E-state index contributed by atoms with van der Waals surface area (Å²) in [5.74, 6) is 1.92. The first-order valence-electron chi connectivity index (χ1n) is 9.18. The molecule has 9 nitrogen and oxygen atoms in total. The van der Waals surface area contributed by atoms with Crippen molar-refractivity contribution < 1.29 is 13.7 Å². The summed E-state index contributed by atoms with van der Waals surface area (Å²) in [6.45, 7) is 4.64. The molecule has 0 saturated carbocycles. The molecule has 3 aromatic heterocycles. The minimum absolute atomic E-state index is 0.110. The van der Waals surface area contributed by atoms with Gasteiger partial charge in [0.2, 0.25) is 11.7 Å². The summed E-state index contributed by atoms with van der Waals surface area (Å²) in [6.07, 6.45) is 1.68. The van der Waals surface area contributed by atoms with Crippen LogP contribution in [0.3, 0.4) is 0 Å². The molecule has 0 atom stereocenters. The fourth-order valence-electron chi connectivity index (χ4n) is 3.47. The van der Waals surface area contributed by atoms with Crippen LogP contribution in [0.2, 0.25) is 0 Å². The molecule has 0 radical (unpaired) electrons. The van der Waals surface area contributed by atoms with E-state index in [1.165, 1.54) is 12.1 Å². The van der Waals surface area contributed by atoms with E-state index < -0.39 is 0 Å². The van der Waals surface area contributed by atoms with Crippen LogP contribution in [0.4, 0.5) is 4.39 Å². The molecule has 0 aliphatic carbocycles. The minimum atomic E-state index is -0.352. The molecule has 0 N–H and O–H groups in total. The van der Waals surface area contributed by atoms with Crippen LogP contribution >= 0.6 is 0 Å². The second-order valence-electron chi connectivity index (χ2n) is 7.14. The zero-order chi connectivity index (χ0) is 20.1. The van der Waals surface area contributed by atoms with Crippen molar-refractivity contribution in [1.82, 2.24) is 34.5 Å². The van der Waals surface area contributed by atoms with Gasteiger partial charge in [0.1, 0.15) is 24.4 Å². The van der Waals surface area contributed by atoms with E-state index >= 15 is 0 Å². The van der Waals surface area contributed by atoms with E-state index in [2.05, 4.69) is 25.3 Å². The normalized spacial score (nSPS) is 12.6. The van der Waals surface area contributed by atoms with Gasteiger partial charge in [-0.05, 0) is 18.2 Å². The van der Waals surface area contributed by atoms with Gasteiger partial charge >= 0.3 is 0 Å². The van der Waals surface area contributed by atoms with Crippen LogP contribution in [0.15, 0.2) is 29.0 Å². The third-order valence-electron chi connectivity index (χ3n) is 4.88. The van der Waals surface area contributed by atoms with Gasteiger partial charge in [-0.25, -0.2) is 9.37 Å². The number of nitrogens with zero attached hydrogens (tertiary/aromatic N) is 7. The van der Waals surface area contributed by atoms with Crippen LogP contribution in [0.25, 0.3) is 28.6 Å². The zero-order valence-corrected chi connectivity index (χ0v) is 16.1. The van der Waals surface area contributed by atoms with Crippen LogP contribution in [0, 0.1) is 5.82 Å². The van der Waals surface area contributed by atoms with Gasteiger partial charge in [0.25, 0.3) is 0 Å². The highest BCUT2D eigenvalue weighted by Crippen LogP contribution is 2.35. The van der Waals surface area contributed by atoms with Gasteiger partial charge in [0.05, 0.1) is 17.9 Å². The highest BCUT2D eigenvalue weighted by Gasteiger charge is 2.28. The van der Waals surface area contributed by atoms with Crippen molar-refractivity contribution in [3.05, 3.63) is 47.8 Å². The summed E-state index contributed by atoms with van der Waals surface area (Å²) in [6, 6.07) is 4.57. The largest absolute Gasteiger partial charge is 0.377 e. The highest BCUT2D eigenvalue weighted by atomic mass is 19.1. The standard InChI is InChI=1S/C19H18FN7O2/c1-10(2)19-22-17(25-29-19)16-14-7-26-15(8-28-3)23-24-18(26)12-6-11(20)4-5-13(12)27(14)9-21-16/h4-6,9-10H,7-8H2,1-3H3. The van der Waals surface area contributed by atoms with E-state index in [9.17, 15) is 4.39 Å². The number of rotatable bonds is 4. The van der Waals surface area contributed by atoms with Gasteiger partial charge in [-0.2, -0.15) is 4.98 Å². The molecular formula is C19H18FN7O2. The summed E-state index contributed by atoms with van der Waals surface area (Å²) >= 11 is 0. The van der Waals surface area contributed by atoms with Crippen molar-refractivity contribution in [3.8, 4) is 28.6 Å². The number of benzene rings is 1. The lowest BCUT2D eigenvalue weighted by atomic mass is 10.1. The summed E-state index contributed by atoms with van der Waals surface area (Å²) in [7, 11) is 1.59. The van der Waals surface area contributed by atoms with Gasteiger partial charge in [-0.15, -0.1) is 10.2 Å². The fraction of sp³-hybridized carbons (Fsp3) is 0.316. The summed E-state index contributed by atoms with van der Waals surface area (Å²) in [5, 5.41) is 12.6. The molecule has 0 amide bonds. The fourth-order valence-corrected chi connectivity index (χ4v) is 3.47. The van der Waals surface area contributed by atoms with Gasteiger partial charge < -0.3 is 13.8 Å². The Morgan fingerprint density at radius 1 is 1.28 bits per heavy atom. The first kappa shape index (κ1) is 17.7. The maximum atomic E-state index is 14.1. The predicted molar refractivity (Wildman–Crippen MR) is 99.7 cm³/mol. The summed E-state index contributed by atoms with van der Waals surface area (Å²) in [4.78, 5) is 9.02. The first-order chi connectivity index (χ1) is 14.1. The van der Waals surface area contributed by atoms with Crippen LogP contribution in [-0.2, 0) is 17.9 Å². The predicted octanol–water partition coefficient (Wildman–Crippen LogP) is 2.95. The third-order valence-corrected chi connectivity index (χ3v) is 4.88. The number of ether oxygens (including phenoxy) is 1. The van der Waals surface area contributed by atoms with E-state index in [4.69, 9.17) is 9.26 Å². The van der Waals surface area contributed by atoms with E-state index in [1.54, 1.807) is 19.5 Å². The minimum Gasteiger partial charge on any atom is -0.377 e. The van der Waals surface area contributed by atoms with E-state index in [0.717, 1.165) is 11.4 Å². The average Bonchev–Trinajstić information content (AvgIpc) is 3.40. The number of hydrogen-bond acceptors (Lipinski definition) is 7. The molecule has 4 heterocycles. The molecule has 1 aromatic carbocycles. The van der Waals surface area contributed by atoms with Crippen molar-refractivity contribution in [1.29, 1.82) is 0 Å². The monoisotopic (exact) mass is 395 g/mol. The Kier molecular flexibility index (Phi) is 4.02. The van der Waals surface area contributed by atoms with Crippen LogP contribution in [-0.4, -0.2) is 41.6 Å². The van der Waals surface area contributed by atoms with Crippen molar-refractivity contribution in [2.75, 3.05) is 7.11 Å². The van der Waals surface area contributed by atoms with Crippen molar-refractivity contribution >= 4 is 0 Å². The number of imidazole rings is 1. The quantitative estimate of drug-likeness (QED) is 0.461. The maximum absolute atomic E-state index is 14.1. The van der Waals surface area contributed by atoms with Crippen molar-refractivity contribution in [2.24, 2.45) is 0 Å². The Morgan fingerprint density at radius 3 is 2.90 bits per heavy atom. The van der Waals surface area contributed by atoms with Gasteiger partial charge in [0, 0.05) is 18.6 Å². The molecule has 0 fully saturated rings. The molecule has 4 aromatic rings.